The Morgan fingerprint density at radius 1 is 1.63 bits per heavy atom. The molecular weight excluding hydrogens is 250 g/mol. The van der Waals surface area contributed by atoms with Crippen LogP contribution in [0.15, 0.2) is 6.33 Å². The van der Waals surface area contributed by atoms with Gasteiger partial charge in [0.05, 0.1) is 17.4 Å². The summed E-state index contributed by atoms with van der Waals surface area (Å²) in [5, 5.41) is 19.8. The van der Waals surface area contributed by atoms with Gasteiger partial charge in [0.25, 0.3) is 0 Å². The summed E-state index contributed by atoms with van der Waals surface area (Å²) in [4.78, 5) is 20.1. The molecule has 0 radical (unpaired) electrons. The minimum absolute atomic E-state index is 0.0300. The van der Waals surface area contributed by atoms with E-state index in [1.165, 1.54) is 6.33 Å². The van der Waals surface area contributed by atoms with Crippen molar-refractivity contribution >= 4 is 17.3 Å². The van der Waals surface area contributed by atoms with Gasteiger partial charge in [0.1, 0.15) is 6.33 Å². The first-order valence-corrected chi connectivity index (χ1v) is 5.78. The number of nitrogen functional groups attached to an aromatic ring is 1. The second kappa shape index (κ2) is 5.45. The summed E-state index contributed by atoms with van der Waals surface area (Å²) in [5.41, 5.74) is 1.95. The van der Waals surface area contributed by atoms with Gasteiger partial charge in [-0.25, -0.2) is 15.8 Å². The molecule has 9 nitrogen and oxygen atoms in total. The van der Waals surface area contributed by atoms with Gasteiger partial charge >= 0.3 is 5.69 Å². The summed E-state index contributed by atoms with van der Waals surface area (Å²) in [6, 6.07) is 2.23. The first-order chi connectivity index (χ1) is 9.19. The summed E-state index contributed by atoms with van der Waals surface area (Å²) < 4.78 is 0. The van der Waals surface area contributed by atoms with Crippen molar-refractivity contribution in [2.75, 3.05) is 16.9 Å². The number of nitrogens with zero attached hydrogens (tertiary/aromatic N) is 5. The third kappa shape index (κ3) is 2.69. The van der Waals surface area contributed by atoms with Crippen molar-refractivity contribution in [3.8, 4) is 6.07 Å². The highest BCUT2D eigenvalue weighted by atomic mass is 16.6. The van der Waals surface area contributed by atoms with E-state index in [-0.39, 0.29) is 29.8 Å². The van der Waals surface area contributed by atoms with E-state index in [9.17, 15) is 10.1 Å². The average Bonchev–Trinajstić information content (AvgIpc) is 3.23. The van der Waals surface area contributed by atoms with E-state index in [0.717, 1.165) is 12.8 Å². The molecule has 100 valence electrons. The van der Waals surface area contributed by atoms with Gasteiger partial charge < -0.3 is 10.3 Å². The van der Waals surface area contributed by atoms with E-state index in [0.29, 0.717) is 6.54 Å². The molecule has 0 aromatic carbocycles. The molecule has 0 aliphatic heterocycles. The van der Waals surface area contributed by atoms with Gasteiger partial charge in [0.15, 0.2) is 0 Å². The lowest BCUT2D eigenvalue weighted by Gasteiger charge is -2.22. The summed E-state index contributed by atoms with van der Waals surface area (Å²) in [5.74, 6) is 5.42. The quantitative estimate of drug-likeness (QED) is 0.431. The Hall–Kier alpha value is -2.47. The number of nitro groups is 1. The third-order valence-corrected chi connectivity index (χ3v) is 2.85. The molecule has 2 rings (SSSR count). The Labute approximate surface area is 109 Å². The Kier molecular flexibility index (Phi) is 3.72. The number of hydrazine groups is 1. The van der Waals surface area contributed by atoms with E-state index in [2.05, 4.69) is 15.4 Å². The molecule has 0 bridgehead atoms. The Balaban J connectivity index is 2.41. The van der Waals surface area contributed by atoms with E-state index in [4.69, 9.17) is 11.1 Å². The highest BCUT2D eigenvalue weighted by molar-refractivity contribution is 5.70. The van der Waals surface area contributed by atoms with Gasteiger partial charge in [-0.2, -0.15) is 5.26 Å². The third-order valence-electron chi connectivity index (χ3n) is 2.85. The van der Waals surface area contributed by atoms with Crippen LogP contribution in [-0.4, -0.2) is 27.5 Å². The molecular formula is C10H13N7O2. The van der Waals surface area contributed by atoms with Gasteiger partial charge in [-0.05, 0) is 12.8 Å². The van der Waals surface area contributed by atoms with Crippen molar-refractivity contribution in [1.82, 2.24) is 9.97 Å². The fourth-order valence-electron chi connectivity index (χ4n) is 1.87. The van der Waals surface area contributed by atoms with Crippen molar-refractivity contribution in [1.29, 1.82) is 5.26 Å². The molecule has 0 amide bonds. The molecule has 19 heavy (non-hydrogen) atoms. The lowest BCUT2D eigenvalue weighted by molar-refractivity contribution is -0.383. The molecule has 1 aliphatic rings. The van der Waals surface area contributed by atoms with Gasteiger partial charge in [-0.15, -0.1) is 0 Å². The Morgan fingerprint density at radius 2 is 2.37 bits per heavy atom. The number of nitrogens with two attached hydrogens (primary N) is 1. The molecule has 1 aromatic heterocycles. The predicted octanol–water partition coefficient (Wildman–Crippen LogP) is 0.553. The molecule has 1 aromatic rings. The van der Waals surface area contributed by atoms with Crippen molar-refractivity contribution < 1.29 is 4.92 Å². The van der Waals surface area contributed by atoms with Crippen LogP contribution in [-0.2, 0) is 0 Å². The number of hydrogen-bond donors (Lipinski definition) is 2. The molecule has 0 spiro atoms. The van der Waals surface area contributed by atoms with Gasteiger partial charge in [0, 0.05) is 12.6 Å². The summed E-state index contributed by atoms with van der Waals surface area (Å²) in [6.45, 7) is 0.406. The zero-order chi connectivity index (χ0) is 13.8. The maximum Gasteiger partial charge on any atom is 0.354 e. The molecule has 1 heterocycles. The van der Waals surface area contributed by atoms with E-state index >= 15 is 0 Å². The van der Waals surface area contributed by atoms with Crippen molar-refractivity contribution in [3.63, 3.8) is 0 Å². The number of nitrogens with one attached hydrogen (secondary N) is 1. The molecule has 0 unspecified atom stereocenters. The van der Waals surface area contributed by atoms with Crippen molar-refractivity contribution in [2.24, 2.45) is 5.84 Å². The van der Waals surface area contributed by atoms with Crippen molar-refractivity contribution in [3.05, 3.63) is 16.4 Å². The number of rotatable bonds is 6. The first-order valence-electron chi connectivity index (χ1n) is 5.78. The minimum Gasteiger partial charge on any atom is -0.347 e. The first kappa shape index (κ1) is 13.0. The van der Waals surface area contributed by atoms with Gasteiger partial charge in [0.2, 0.25) is 11.6 Å². The lowest BCUT2D eigenvalue weighted by atomic mass is 10.3. The summed E-state index contributed by atoms with van der Waals surface area (Å²) in [6.07, 6.45) is 3.39. The zero-order valence-electron chi connectivity index (χ0n) is 10.1. The van der Waals surface area contributed by atoms with Crippen molar-refractivity contribution in [2.45, 2.75) is 25.3 Å². The fourth-order valence-corrected chi connectivity index (χ4v) is 1.87. The molecule has 0 saturated heterocycles. The molecule has 1 fully saturated rings. The van der Waals surface area contributed by atoms with Crippen LogP contribution in [0.4, 0.5) is 17.3 Å². The Morgan fingerprint density at radius 3 is 2.89 bits per heavy atom. The predicted molar refractivity (Wildman–Crippen MR) is 67.1 cm³/mol. The van der Waals surface area contributed by atoms with Crippen LogP contribution in [0.5, 0.6) is 0 Å². The second-order valence-electron chi connectivity index (χ2n) is 4.13. The van der Waals surface area contributed by atoms with Crippen LogP contribution in [0.3, 0.4) is 0 Å². The highest BCUT2D eigenvalue weighted by Gasteiger charge is 2.35. The SMILES string of the molecule is N#CCCN(c1ncnc(NN)c1[N+](=O)[O-])C1CC1. The lowest BCUT2D eigenvalue weighted by Crippen LogP contribution is -2.29. The molecule has 1 aliphatic carbocycles. The summed E-state index contributed by atoms with van der Waals surface area (Å²) in [7, 11) is 0. The topological polar surface area (TPSA) is 134 Å². The molecule has 3 N–H and O–H groups in total. The number of nitriles is 1. The summed E-state index contributed by atoms with van der Waals surface area (Å²) >= 11 is 0. The number of anilines is 2. The standard InChI is InChI=1S/C10H13N7O2/c11-4-1-5-16(7-2-3-7)10-8(17(18)19)9(15-12)13-6-14-10/h6-7H,1-3,5,12H2,(H,13,14,15). The van der Waals surface area contributed by atoms with Crippen LogP contribution in [0.25, 0.3) is 0 Å². The molecule has 9 heteroatoms. The minimum atomic E-state index is -0.563. The zero-order valence-corrected chi connectivity index (χ0v) is 10.1. The second-order valence-corrected chi connectivity index (χ2v) is 4.13. The highest BCUT2D eigenvalue weighted by Crippen LogP contribution is 2.37. The largest absolute Gasteiger partial charge is 0.354 e. The molecule has 0 atom stereocenters. The average molecular weight is 263 g/mol. The van der Waals surface area contributed by atoms with Crippen LogP contribution in [0.2, 0.25) is 0 Å². The van der Waals surface area contributed by atoms with E-state index < -0.39 is 4.92 Å². The number of hydrogen-bond acceptors (Lipinski definition) is 8. The van der Waals surface area contributed by atoms with Gasteiger partial charge in [-0.3, -0.25) is 10.1 Å². The van der Waals surface area contributed by atoms with Crippen LogP contribution in [0, 0.1) is 21.4 Å². The van der Waals surface area contributed by atoms with Gasteiger partial charge in [-0.1, -0.05) is 0 Å². The number of aromatic nitrogens is 2. The van der Waals surface area contributed by atoms with E-state index in [1.54, 1.807) is 4.90 Å². The maximum absolute atomic E-state index is 11.2. The monoisotopic (exact) mass is 263 g/mol. The maximum atomic E-state index is 11.2. The van der Waals surface area contributed by atoms with E-state index in [1.807, 2.05) is 6.07 Å². The van der Waals surface area contributed by atoms with Crippen LogP contribution >= 0.6 is 0 Å². The molecule has 1 saturated carbocycles. The normalized spacial score (nSPS) is 13.7. The van der Waals surface area contributed by atoms with Crippen LogP contribution in [0.1, 0.15) is 19.3 Å². The smallest absolute Gasteiger partial charge is 0.347 e. The fraction of sp³-hybridized carbons (Fsp3) is 0.500. The van der Waals surface area contributed by atoms with Crippen LogP contribution < -0.4 is 16.2 Å². The Bertz CT molecular complexity index is 523.